The molecular weight excluding hydrogens is 266 g/mol. The molecule has 0 spiro atoms. The van der Waals surface area contributed by atoms with Crippen molar-refractivity contribution in [1.29, 1.82) is 0 Å². The molecule has 0 aliphatic carbocycles. The fraction of sp³-hybridized carbons (Fsp3) is 0.308. The van der Waals surface area contributed by atoms with Gasteiger partial charge in [0.2, 0.25) is 5.76 Å². The zero-order valence-corrected chi connectivity index (χ0v) is 11.3. The Bertz CT molecular complexity index is 520. The Hall–Kier alpha value is -1.63. The Morgan fingerprint density at radius 3 is 3.11 bits per heavy atom. The van der Waals surface area contributed by atoms with Gasteiger partial charge in [-0.3, -0.25) is 0 Å². The van der Waals surface area contributed by atoms with Crippen LogP contribution in [0.1, 0.15) is 27.8 Å². The molecule has 2 rings (SSSR count). The smallest absolute Gasteiger partial charge is 0.374 e. The summed E-state index contributed by atoms with van der Waals surface area (Å²) in [4.78, 5) is 11.4. The highest BCUT2D eigenvalue weighted by Gasteiger charge is 2.15. The molecule has 19 heavy (non-hydrogen) atoms. The highest BCUT2D eigenvalue weighted by atomic mass is 32.1. The van der Waals surface area contributed by atoms with Crippen LogP contribution in [0.5, 0.6) is 0 Å². The van der Waals surface area contributed by atoms with Gasteiger partial charge in [0, 0.05) is 18.7 Å². The van der Waals surface area contributed by atoms with E-state index in [9.17, 15) is 9.90 Å². The topological polar surface area (TPSA) is 71.7 Å². The zero-order valence-electron chi connectivity index (χ0n) is 10.5. The van der Waals surface area contributed by atoms with Crippen LogP contribution >= 0.6 is 11.3 Å². The number of carbonyl (C=O) groups is 1. The van der Waals surface area contributed by atoms with E-state index in [1.54, 1.807) is 17.4 Å². The second kappa shape index (κ2) is 6.51. The summed E-state index contributed by atoms with van der Waals surface area (Å²) in [6.45, 7) is 0.838. The Kier molecular flexibility index (Phi) is 4.73. The number of hydrogen-bond donors (Lipinski definition) is 2. The number of hydrogen-bond acceptors (Lipinski definition) is 6. The van der Waals surface area contributed by atoms with E-state index in [4.69, 9.17) is 4.42 Å². The predicted molar refractivity (Wildman–Crippen MR) is 71.0 cm³/mol. The fourth-order valence-electron chi connectivity index (χ4n) is 1.67. The first kappa shape index (κ1) is 13.8. The van der Waals surface area contributed by atoms with Gasteiger partial charge in [-0.05, 0) is 28.5 Å². The highest BCUT2D eigenvalue weighted by Crippen LogP contribution is 2.16. The minimum absolute atomic E-state index is 0.194. The molecule has 102 valence electrons. The number of aliphatic hydroxyl groups excluding tert-OH is 1. The lowest BCUT2D eigenvalue weighted by atomic mass is 10.2. The maximum Gasteiger partial charge on any atom is 0.374 e. The molecule has 0 radical (unpaired) electrons. The molecular formula is C13H15NO4S. The molecule has 2 aromatic rings. The van der Waals surface area contributed by atoms with Gasteiger partial charge >= 0.3 is 5.97 Å². The summed E-state index contributed by atoms with van der Waals surface area (Å²) in [6, 6.07) is 3.59. The number of carbonyl (C=O) groups excluding carboxylic acids is 1. The fourth-order valence-corrected chi connectivity index (χ4v) is 2.38. The lowest BCUT2D eigenvalue weighted by Gasteiger charge is -2.10. The Balaban J connectivity index is 1.86. The second-order valence-corrected chi connectivity index (χ2v) is 4.75. The summed E-state index contributed by atoms with van der Waals surface area (Å²) in [5.74, 6) is -0.305. The van der Waals surface area contributed by atoms with E-state index in [2.05, 4.69) is 10.1 Å². The van der Waals surface area contributed by atoms with Crippen molar-refractivity contribution in [2.45, 2.75) is 12.6 Å². The molecule has 2 aromatic heterocycles. The number of rotatable bonds is 6. The van der Waals surface area contributed by atoms with Gasteiger partial charge in [-0.1, -0.05) is 0 Å². The van der Waals surface area contributed by atoms with Gasteiger partial charge in [-0.15, -0.1) is 0 Å². The average Bonchev–Trinajstić information content (AvgIpc) is 3.08. The zero-order chi connectivity index (χ0) is 13.7. The molecule has 2 N–H and O–H groups in total. The van der Waals surface area contributed by atoms with Gasteiger partial charge in [0.05, 0.1) is 19.5 Å². The van der Waals surface area contributed by atoms with Crippen molar-refractivity contribution in [3.8, 4) is 0 Å². The maximum atomic E-state index is 11.4. The predicted octanol–water partition coefficient (Wildman–Crippen LogP) is 1.95. The number of ether oxygens (including phenoxy) is 1. The van der Waals surface area contributed by atoms with Crippen molar-refractivity contribution in [2.24, 2.45) is 0 Å². The molecule has 1 unspecified atom stereocenters. The lowest BCUT2D eigenvalue weighted by Crippen LogP contribution is -2.21. The molecule has 0 amide bonds. The van der Waals surface area contributed by atoms with Crippen molar-refractivity contribution in [1.82, 2.24) is 5.32 Å². The monoisotopic (exact) mass is 281 g/mol. The summed E-state index contributed by atoms with van der Waals surface area (Å²) in [6.07, 6.45) is 0.887. The van der Waals surface area contributed by atoms with Crippen molar-refractivity contribution < 1.29 is 19.1 Å². The maximum absolute atomic E-state index is 11.4. The third kappa shape index (κ3) is 3.44. The molecule has 1 atom stereocenters. The van der Waals surface area contributed by atoms with Crippen molar-refractivity contribution in [2.75, 3.05) is 13.7 Å². The molecule has 0 saturated heterocycles. The lowest BCUT2D eigenvalue weighted by molar-refractivity contribution is 0.0563. The van der Waals surface area contributed by atoms with Gasteiger partial charge in [0.15, 0.2) is 0 Å². The largest absolute Gasteiger partial charge is 0.463 e. The van der Waals surface area contributed by atoms with E-state index in [1.807, 2.05) is 16.8 Å². The van der Waals surface area contributed by atoms with Crippen LogP contribution in [0.2, 0.25) is 0 Å². The van der Waals surface area contributed by atoms with E-state index < -0.39 is 12.1 Å². The van der Waals surface area contributed by atoms with Crippen molar-refractivity contribution in [3.63, 3.8) is 0 Å². The SMILES string of the molecule is COC(=O)c1occc1CNCC(O)c1ccsc1. The van der Waals surface area contributed by atoms with Crippen LogP contribution < -0.4 is 5.32 Å². The highest BCUT2D eigenvalue weighted by molar-refractivity contribution is 7.07. The summed E-state index contributed by atoms with van der Waals surface area (Å²) in [5.41, 5.74) is 1.60. The molecule has 2 heterocycles. The van der Waals surface area contributed by atoms with E-state index in [0.717, 1.165) is 5.56 Å². The molecule has 0 aliphatic rings. The van der Waals surface area contributed by atoms with Crippen LogP contribution in [0.4, 0.5) is 0 Å². The van der Waals surface area contributed by atoms with Crippen LogP contribution in [-0.4, -0.2) is 24.7 Å². The van der Waals surface area contributed by atoms with Crippen LogP contribution in [-0.2, 0) is 11.3 Å². The molecule has 0 bridgehead atoms. The third-order valence-electron chi connectivity index (χ3n) is 2.70. The van der Waals surface area contributed by atoms with Crippen molar-refractivity contribution in [3.05, 3.63) is 46.0 Å². The third-order valence-corrected chi connectivity index (χ3v) is 3.40. The summed E-state index contributed by atoms with van der Waals surface area (Å²) in [5, 5.41) is 16.8. The van der Waals surface area contributed by atoms with E-state index in [0.29, 0.717) is 18.7 Å². The molecule has 0 aromatic carbocycles. The first-order valence-electron chi connectivity index (χ1n) is 5.78. The van der Waals surface area contributed by atoms with Crippen LogP contribution in [0.3, 0.4) is 0 Å². The quantitative estimate of drug-likeness (QED) is 0.792. The van der Waals surface area contributed by atoms with Gasteiger partial charge in [0.25, 0.3) is 0 Å². The summed E-state index contributed by atoms with van der Waals surface area (Å²) >= 11 is 1.54. The Labute approximate surface area is 114 Å². The van der Waals surface area contributed by atoms with Crippen molar-refractivity contribution >= 4 is 17.3 Å². The first-order valence-corrected chi connectivity index (χ1v) is 6.72. The molecule has 5 nitrogen and oxygen atoms in total. The number of nitrogens with one attached hydrogen (secondary N) is 1. The van der Waals surface area contributed by atoms with Gasteiger partial charge in [-0.2, -0.15) is 11.3 Å². The summed E-state index contributed by atoms with van der Waals surface area (Å²) in [7, 11) is 1.31. The molecule has 0 saturated carbocycles. The number of furan rings is 1. The van der Waals surface area contributed by atoms with Gasteiger partial charge in [-0.25, -0.2) is 4.79 Å². The minimum atomic E-state index is -0.556. The average molecular weight is 281 g/mol. The normalized spacial score (nSPS) is 12.3. The first-order chi connectivity index (χ1) is 9.22. The van der Waals surface area contributed by atoms with E-state index in [1.165, 1.54) is 13.4 Å². The Morgan fingerprint density at radius 1 is 1.58 bits per heavy atom. The van der Waals surface area contributed by atoms with Crippen LogP contribution in [0.25, 0.3) is 0 Å². The molecule has 0 fully saturated rings. The standard InChI is InChI=1S/C13H15NO4S/c1-17-13(16)12-9(2-4-18-12)6-14-7-11(15)10-3-5-19-8-10/h2-5,8,11,14-15H,6-7H2,1H3. The number of aliphatic hydroxyl groups is 1. The van der Waals surface area contributed by atoms with Crippen LogP contribution in [0.15, 0.2) is 33.6 Å². The number of esters is 1. The van der Waals surface area contributed by atoms with E-state index in [-0.39, 0.29) is 5.76 Å². The number of methoxy groups -OCH3 is 1. The Morgan fingerprint density at radius 2 is 2.42 bits per heavy atom. The number of thiophene rings is 1. The van der Waals surface area contributed by atoms with Gasteiger partial charge in [0.1, 0.15) is 0 Å². The second-order valence-electron chi connectivity index (χ2n) is 3.97. The summed E-state index contributed by atoms with van der Waals surface area (Å²) < 4.78 is 9.68. The van der Waals surface area contributed by atoms with Gasteiger partial charge < -0.3 is 19.6 Å². The van der Waals surface area contributed by atoms with Crippen LogP contribution in [0, 0.1) is 0 Å². The molecule has 0 aliphatic heterocycles. The van der Waals surface area contributed by atoms with E-state index >= 15 is 0 Å². The minimum Gasteiger partial charge on any atom is -0.463 e. The molecule has 6 heteroatoms.